The molecule has 0 radical (unpaired) electrons. The molecule has 0 fully saturated rings. The molecule has 0 bridgehead atoms. The van der Waals surface area contributed by atoms with Crippen LogP contribution in [-0.2, 0) is 0 Å². The van der Waals surface area contributed by atoms with E-state index in [0.29, 0.717) is 0 Å². The van der Waals surface area contributed by atoms with Crippen LogP contribution in [0.15, 0.2) is 24.3 Å². The summed E-state index contributed by atoms with van der Waals surface area (Å²) in [6, 6.07) is 8.36. The number of aromatic amines is 1. The quantitative estimate of drug-likeness (QED) is 0.573. The third kappa shape index (κ3) is 0.894. The Kier molecular flexibility index (Phi) is 1.29. The Morgan fingerprint density at radius 1 is 1.21 bits per heavy atom. The fraction of sp³-hybridized carbons (Fsp3) is 0.182. The molecule has 3 rings (SSSR count). The topological polar surface area (TPSA) is 33.1 Å². The molecule has 3 nitrogen and oxygen atoms in total. The van der Waals surface area contributed by atoms with Gasteiger partial charge in [0, 0.05) is 11.8 Å². The number of nitrogens with zero attached hydrogens (tertiary/aromatic N) is 2. The molecule has 0 aliphatic heterocycles. The molecule has 0 aliphatic carbocycles. The highest BCUT2D eigenvalue weighted by atomic mass is 15.3. The monoisotopic (exact) mass is 185 g/mol. The summed E-state index contributed by atoms with van der Waals surface area (Å²) >= 11 is 0. The van der Waals surface area contributed by atoms with E-state index in [1.807, 2.05) is 11.4 Å². The number of hydrogen-bond donors (Lipinski definition) is 1. The summed E-state index contributed by atoms with van der Waals surface area (Å²) in [5, 5.41) is 3.26. The zero-order valence-corrected chi connectivity index (χ0v) is 8.20. The molecular weight excluding hydrogens is 174 g/mol. The maximum atomic E-state index is 4.53. The molecule has 3 aromatic rings. The van der Waals surface area contributed by atoms with Crippen molar-refractivity contribution >= 4 is 16.7 Å². The first kappa shape index (κ1) is 7.62. The van der Waals surface area contributed by atoms with Gasteiger partial charge in [0.2, 0.25) is 0 Å². The molecule has 1 N–H and O–H groups in total. The predicted octanol–water partition coefficient (Wildman–Crippen LogP) is 2.43. The Morgan fingerprint density at radius 2 is 2.07 bits per heavy atom. The molecular formula is C11H11N3. The van der Waals surface area contributed by atoms with E-state index in [1.165, 1.54) is 5.56 Å². The fourth-order valence-electron chi connectivity index (χ4n) is 1.83. The first-order valence-corrected chi connectivity index (χ1v) is 4.68. The van der Waals surface area contributed by atoms with Crippen molar-refractivity contribution in [2.24, 2.45) is 0 Å². The van der Waals surface area contributed by atoms with Gasteiger partial charge in [0.15, 0.2) is 5.65 Å². The zero-order chi connectivity index (χ0) is 9.71. The number of H-pyrrole nitrogens is 1. The Labute approximate surface area is 81.4 Å². The molecule has 1 aromatic carbocycles. The van der Waals surface area contributed by atoms with Gasteiger partial charge in [-0.2, -0.15) is 0 Å². The van der Waals surface area contributed by atoms with E-state index in [0.717, 1.165) is 22.4 Å². The van der Waals surface area contributed by atoms with E-state index < -0.39 is 0 Å². The van der Waals surface area contributed by atoms with Gasteiger partial charge in [-0.05, 0) is 31.5 Å². The molecule has 3 heteroatoms. The maximum Gasteiger partial charge on any atom is 0.154 e. The minimum atomic E-state index is 0.989. The van der Waals surface area contributed by atoms with Gasteiger partial charge in [0.1, 0.15) is 0 Å². The van der Waals surface area contributed by atoms with Gasteiger partial charge in [0.25, 0.3) is 0 Å². The fourth-order valence-corrected chi connectivity index (χ4v) is 1.83. The first-order chi connectivity index (χ1) is 6.74. The second-order valence-corrected chi connectivity index (χ2v) is 3.74. The minimum absolute atomic E-state index is 0.989. The first-order valence-electron chi connectivity index (χ1n) is 4.68. The Balaban J connectivity index is 2.52. The minimum Gasteiger partial charge on any atom is -0.297 e. The Morgan fingerprint density at radius 3 is 2.93 bits per heavy atom. The van der Waals surface area contributed by atoms with Gasteiger partial charge < -0.3 is 0 Å². The molecule has 0 saturated carbocycles. The second kappa shape index (κ2) is 2.38. The lowest BCUT2D eigenvalue weighted by Crippen LogP contribution is -1.83. The van der Waals surface area contributed by atoms with Crippen molar-refractivity contribution in [2.45, 2.75) is 13.8 Å². The van der Waals surface area contributed by atoms with Crippen molar-refractivity contribution in [1.82, 2.24) is 14.6 Å². The number of fused-ring (bicyclic) bond motifs is 3. The molecule has 0 aliphatic rings. The van der Waals surface area contributed by atoms with Gasteiger partial charge >= 0.3 is 0 Å². The number of aromatic nitrogens is 3. The van der Waals surface area contributed by atoms with Gasteiger partial charge in [-0.25, -0.2) is 9.50 Å². The lowest BCUT2D eigenvalue weighted by atomic mass is 10.2. The van der Waals surface area contributed by atoms with Crippen molar-refractivity contribution in [2.75, 3.05) is 0 Å². The van der Waals surface area contributed by atoms with E-state index >= 15 is 0 Å². The molecule has 14 heavy (non-hydrogen) atoms. The number of aryl methyl sites for hydroxylation is 2. The van der Waals surface area contributed by atoms with E-state index in [2.05, 4.69) is 41.3 Å². The Hall–Kier alpha value is -1.77. The van der Waals surface area contributed by atoms with Crippen LogP contribution in [0.3, 0.4) is 0 Å². The maximum absolute atomic E-state index is 4.53. The van der Waals surface area contributed by atoms with Crippen LogP contribution in [0.1, 0.15) is 11.3 Å². The van der Waals surface area contributed by atoms with Crippen molar-refractivity contribution in [3.8, 4) is 0 Å². The number of benzene rings is 1. The smallest absolute Gasteiger partial charge is 0.154 e. The largest absolute Gasteiger partial charge is 0.297 e. The average molecular weight is 185 g/mol. The van der Waals surface area contributed by atoms with Crippen LogP contribution in [0, 0.1) is 13.8 Å². The van der Waals surface area contributed by atoms with Crippen LogP contribution in [0.5, 0.6) is 0 Å². The third-order valence-corrected chi connectivity index (χ3v) is 2.47. The van der Waals surface area contributed by atoms with E-state index in [9.17, 15) is 0 Å². The summed E-state index contributed by atoms with van der Waals surface area (Å²) in [6.07, 6.45) is 0. The highest BCUT2D eigenvalue weighted by Gasteiger charge is 2.05. The van der Waals surface area contributed by atoms with Gasteiger partial charge in [-0.3, -0.25) is 5.10 Å². The number of imidazole rings is 1. The number of nitrogens with one attached hydrogen (secondary N) is 1. The van der Waals surface area contributed by atoms with Crippen molar-refractivity contribution in [3.05, 3.63) is 35.5 Å². The number of rotatable bonds is 0. The standard InChI is InChI=1S/C11H11N3/c1-7-3-4-10-9(5-7)12-11-6-8(2)13-14(10)11/h3-6,13H,1-2H3. The third-order valence-electron chi connectivity index (χ3n) is 2.47. The molecule has 2 heterocycles. The molecule has 0 unspecified atom stereocenters. The zero-order valence-electron chi connectivity index (χ0n) is 8.20. The van der Waals surface area contributed by atoms with E-state index in [4.69, 9.17) is 0 Å². The molecule has 0 spiro atoms. The molecule has 70 valence electrons. The summed E-state index contributed by atoms with van der Waals surface area (Å²) < 4.78 is 2.02. The van der Waals surface area contributed by atoms with Crippen LogP contribution in [0.4, 0.5) is 0 Å². The predicted molar refractivity (Wildman–Crippen MR) is 56.5 cm³/mol. The lowest BCUT2D eigenvalue weighted by molar-refractivity contribution is 0.974. The van der Waals surface area contributed by atoms with Crippen LogP contribution in [0.2, 0.25) is 0 Å². The number of hydrogen-bond acceptors (Lipinski definition) is 1. The van der Waals surface area contributed by atoms with E-state index in [1.54, 1.807) is 0 Å². The summed E-state index contributed by atoms with van der Waals surface area (Å²) in [5.74, 6) is 0. The van der Waals surface area contributed by atoms with Crippen molar-refractivity contribution < 1.29 is 0 Å². The van der Waals surface area contributed by atoms with Crippen LogP contribution in [-0.4, -0.2) is 14.6 Å². The van der Waals surface area contributed by atoms with Gasteiger partial charge in [-0.1, -0.05) is 6.07 Å². The van der Waals surface area contributed by atoms with Gasteiger partial charge in [-0.15, -0.1) is 0 Å². The van der Waals surface area contributed by atoms with Crippen molar-refractivity contribution in [3.63, 3.8) is 0 Å². The molecule has 0 saturated heterocycles. The summed E-state index contributed by atoms with van der Waals surface area (Å²) in [6.45, 7) is 4.12. The molecule has 2 aromatic heterocycles. The normalized spacial score (nSPS) is 11.6. The second-order valence-electron chi connectivity index (χ2n) is 3.74. The highest BCUT2D eigenvalue weighted by Crippen LogP contribution is 2.17. The summed E-state index contributed by atoms with van der Waals surface area (Å²) in [4.78, 5) is 4.53. The SMILES string of the molecule is Cc1ccc2c(c1)nc1cc(C)[nH]n12. The lowest BCUT2D eigenvalue weighted by Gasteiger charge is -1.92. The van der Waals surface area contributed by atoms with Crippen LogP contribution in [0.25, 0.3) is 16.7 Å². The molecule has 0 atom stereocenters. The highest BCUT2D eigenvalue weighted by molar-refractivity contribution is 5.80. The van der Waals surface area contributed by atoms with Gasteiger partial charge in [0.05, 0.1) is 11.0 Å². The van der Waals surface area contributed by atoms with Crippen molar-refractivity contribution in [1.29, 1.82) is 0 Å². The molecule has 0 amide bonds. The Bertz CT molecular complexity index is 612. The summed E-state index contributed by atoms with van der Waals surface area (Å²) in [7, 11) is 0. The van der Waals surface area contributed by atoms with Crippen LogP contribution < -0.4 is 0 Å². The van der Waals surface area contributed by atoms with E-state index in [-0.39, 0.29) is 0 Å². The summed E-state index contributed by atoms with van der Waals surface area (Å²) in [5.41, 5.74) is 5.56. The average Bonchev–Trinajstić information content (AvgIpc) is 2.59. The van der Waals surface area contributed by atoms with Crippen LogP contribution >= 0.6 is 0 Å².